The van der Waals surface area contributed by atoms with Crippen LogP contribution in [0.15, 0.2) is 35.5 Å². The number of nitrogens with one attached hydrogen (secondary N) is 2. The molecule has 3 aromatic rings. The van der Waals surface area contributed by atoms with Crippen LogP contribution < -0.4 is 4.74 Å². The van der Waals surface area contributed by atoms with E-state index in [-0.39, 0.29) is 13.2 Å². The van der Waals surface area contributed by atoms with E-state index in [1.54, 1.807) is 4.52 Å². The first kappa shape index (κ1) is 24.2. The van der Waals surface area contributed by atoms with Crippen molar-refractivity contribution in [3.63, 3.8) is 0 Å². The van der Waals surface area contributed by atoms with Crippen molar-refractivity contribution in [1.82, 2.24) is 24.4 Å². The molecule has 1 saturated heterocycles. The lowest BCUT2D eigenvalue weighted by Crippen LogP contribution is -2.45. The third kappa shape index (κ3) is 4.67. The fourth-order valence-electron chi connectivity index (χ4n) is 4.60. The Balaban J connectivity index is 1.48. The molecular weight excluding hydrogens is 458 g/mol. The molecule has 0 bridgehead atoms. The molecule has 3 N–H and O–H groups in total. The molecule has 0 aromatic carbocycles. The molecule has 0 amide bonds. The van der Waals surface area contributed by atoms with Crippen LogP contribution in [0.5, 0.6) is 5.88 Å². The van der Waals surface area contributed by atoms with Crippen LogP contribution in [0.25, 0.3) is 11.3 Å². The second-order valence-corrected chi connectivity index (χ2v) is 9.26. The number of allylic oxidation sites excluding steroid dienone is 1. The SMILES string of the molecule is Cc1[nH]c2c(c1C)C(=N)/C(=N/c1c(OCCO)nn3ccccc13)C=C2OCCN1CCN(C)CC1. The number of hydrogen-bond donors (Lipinski definition) is 3. The number of hydrogen-bond acceptors (Lipinski definition) is 8. The number of aliphatic imine (C=N–C) groups is 1. The summed E-state index contributed by atoms with van der Waals surface area (Å²) in [6, 6.07) is 5.68. The zero-order chi connectivity index (χ0) is 25.2. The number of aliphatic hydroxyl groups excluding tert-OH is 1. The second-order valence-electron chi connectivity index (χ2n) is 9.26. The summed E-state index contributed by atoms with van der Waals surface area (Å²) in [6.07, 6.45) is 3.64. The van der Waals surface area contributed by atoms with Crippen LogP contribution in [0.2, 0.25) is 0 Å². The molecule has 4 heterocycles. The molecule has 2 aliphatic rings. The number of pyridine rings is 1. The van der Waals surface area contributed by atoms with Crippen LogP contribution >= 0.6 is 0 Å². The molecule has 10 nitrogen and oxygen atoms in total. The van der Waals surface area contributed by atoms with Gasteiger partial charge in [0.2, 0.25) is 0 Å². The van der Waals surface area contributed by atoms with E-state index in [4.69, 9.17) is 19.9 Å². The van der Waals surface area contributed by atoms with Crippen LogP contribution in [-0.2, 0) is 4.74 Å². The standard InChI is InChI=1S/C26H33N7O3/c1-17-18(2)28-25-21(35-14-12-32-10-8-31(3)9-11-32)16-19(23(27)22(17)25)29-24-20-6-4-5-7-33(20)30-26(24)36-15-13-34/h4-7,16,27-28,34H,8-15H2,1-3H3/b27-23?,29-19+. The van der Waals surface area contributed by atoms with Gasteiger partial charge in [0.05, 0.1) is 29.2 Å². The van der Waals surface area contributed by atoms with Crippen molar-refractivity contribution in [2.24, 2.45) is 4.99 Å². The average Bonchev–Trinajstić information content (AvgIpc) is 3.38. The number of piperazine rings is 1. The fourth-order valence-corrected chi connectivity index (χ4v) is 4.60. The van der Waals surface area contributed by atoms with E-state index in [0.29, 0.717) is 35.4 Å². The summed E-state index contributed by atoms with van der Waals surface area (Å²) in [5.41, 5.74) is 5.71. The van der Waals surface area contributed by atoms with E-state index < -0.39 is 0 Å². The molecule has 3 aromatic heterocycles. The number of nitrogens with zero attached hydrogens (tertiary/aromatic N) is 5. The van der Waals surface area contributed by atoms with Crippen molar-refractivity contribution < 1.29 is 14.6 Å². The number of fused-ring (bicyclic) bond motifs is 2. The molecule has 0 atom stereocenters. The minimum atomic E-state index is -0.129. The highest BCUT2D eigenvalue weighted by Crippen LogP contribution is 2.35. The maximum absolute atomic E-state index is 9.26. The molecule has 0 saturated carbocycles. The Labute approximate surface area is 210 Å². The highest BCUT2D eigenvalue weighted by molar-refractivity contribution is 6.54. The third-order valence-corrected chi connectivity index (χ3v) is 6.83. The Morgan fingerprint density at radius 2 is 1.94 bits per heavy atom. The van der Waals surface area contributed by atoms with Gasteiger partial charge in [-0.05, 0) is 38.6 Å². The summed E-state index contributed by atoms with van der Waals surface area (Å²) in [5, 5.41) is 22.7. The molecule has 1 fully saturated rings. The number of aromatic amines is 1. The molecule has 0 spiro atoms. The number of rotatable bonds is 8. The Morgan fingerprint density at radius 1 is 1.14 bits per heavy atom. The highest BCUT2D eigenvalue weighted by Gasteiger charge is 2.28. The molecule has 0 unspecified atom stereocenters. The first-order valence-electron chi connectivity index (χ1n) is 12.3. The van der Waals surface area contributed by atoms with Crippen molar-refractivity contribution in [2.45, 2.75) is 13.8 Å². The van der Waals surface area contributed by atoms with Gasteiger partial charge in [-0.2, -0.15) is 0 Å². The number of ether oxygens (including phenoxy) is 2. The van der Waals surface area contributed by atoms with E-state index >= 15 is 0 Å². The van der Waals surface area contributed by atoms with Gasteiger partial charge in [-0.15, -0.1) is 5.10 Å². The third-order valence-electron chi connectivity index (χ3n) is 6.83. The van der Waals surface area contributed by atoms with Crippen molar-refractivity contribution in [1.29, 1.82) is 5.41 Å². The summed E-state index contributed by atoms with van der Waals surface area (Å²) in [6.45, 7) is 9.59. The largest absolute Gasteiger partial charge is 0.490 e. The van der Waals surface area contributed by atoms with Crippen LogP contribution in [0, 0.1) is 19.3 Å². The molecule has 1 aliphatic heterocycles. The Hall–Kier alpha value is -3.47. The van der Waals surface area contributed by atoms with Crippen molar-refractivity contribution in [2.75, 3.05) is 59.6 Å². The number of aliphatic hydroxyl groups is 1. The lowest BCUT2D eigenvalue weighted by Gasteiger charge is -2.32. The lowest BCUT2D eigenvalue weighted by atomic mass is 9.95. The highest BCUT2D eigenvalue weighted by atomic mass is 16.5. The maximum Gasteiger partial charge on any atom is 0.260 e. The van der Waals surface area contributed by atoms with Crippen LogP contribution in [-0.4, -0.2) is 101 Å². The van der Waals surface area contributed by atoms with Crippen LogP contribution in [0.3, 0.4) is 0 Å². The van der Waals surface area contributed by atoms with Gasteiger partial charge in [0.15, 0.2) is 5.69 Å². The molecule has 190 valence electrons. The zero-order valence-corrected chi connectivity index (χ0v) is 21.0. The molecule has 1 aliphatic carbocycles. The van der Waals surface area contributed by atoms with Gasteiger partial charge in [-0.3, -0.25) is 10.3 Å². The first-order valence-corrected chi connectivity index (χ1v) is 12.3. The van der Waals surface area contributed by atoms with E-state index in [1.807, 2.05) is 44.3 Å². The normalized spacial score (nSPS) is 18.1. The maximum atomic E-state index is 9.26. The summed E-state index contributed by atoms with van der Waals surface area (Å²) < 4.78 is 13.7. The van der Waals surface area contributed by atoms with Crippen molar-refractivity contribution in [3.8, 4) is 5.88 Å². The van der Waals surface area contributed by atoms with Crippen molar-refractivity contribution in [3.05, 3.63) is 53.0 Å². The van der Waals surface area contributed by atoms with Gasteiger partial charge in [0, 0.05) is 56.3 Å². The van der Waals surface area contributed by atoms with E-state index in [2.05, 4.69) is 26.9 Å². The van der Waals surface area contributed by atoms with Gasteiger partial charge in [0.25, 0.3) is 5.88 Å². The zero-order valence-electron chi connectivity index (χ0n) is 21.0. The van der Waals surface area contributed by atoms with E-state index in [9.17, 15) is 5.11 Å². The van der Waals surface area contributed by atoms with E-state index in [1.165, 1.54) is 0 Å². The smallest absolute Gasteiger partial charge is 0.260 e. The Kier molecular flexibility index (Phi) is 6.90. The summed E-state index contributed by atoms with van der Waals surface area (Å²) in [5.74, 6) is 0.994. The molecule has 5 rings (SSSR count). The van der Waals surface area contributed by atoms with Gasteiger partial charge >= 0.3 is 0 Å². The van der Waals surface area contributed by atoms with Gasteiger partial charge in [-0.1, -0.05) is 6.07 Å². The number of aryl methyl sites for hydroxylation is 1. The minimum Gasteiger partial charge on any atom is -0.490 e. The quantitative estimate of drug-likeness (QED) is 0.446. The molecule has 36 heavy (non-hydrogen) atoms. The van der Waals surface area contributed by atoms with Crippen molar-refractivity contribution >= 4 is 28.4 Å². The monoisotopic (exact) mass is 491 g/mol. The predicted octanol–water partition coefficient (Wildman–Crippen LogP) is 2.41. The summed E-state index contributed by atoms with van der Waals surface area (Å²) in [4.78, 5) is 13.0. The average molecular weight is 492 g/mol. The first-order chi connectivity index (χ1) is 17.5. The molecule has 0 radical (unpaired) electrons. The topological polar surface area (TPSA) is 114 Å². The number of likely N-dealkylation sites (N-methyl/N-ethyl adjacent to an activating group) is 1. The van der Waals surface area contributed by atoms with E-state index in [0.717, 1.165) is 60.8 Å². The second kappa shape index (κ2) is 10.3. The number of H-pyrrole nitrogens is 1. The van der Waals surface area contributed by atoms with Gasteiger partial charge < -0.3 is 24.5 Å². The summed E-state index contributed by atoms with van der Waals surface area (Å²) >= 11 is 0. The van der Waals surface area contributed by atoms with Crippen LogP contribution in [0.1, 0.15) is 22.5 Å². The van der Waals surface area contributed by atoms with Gasteiger partial charge in [0.1, 0.15) is 19.0 Å². The fraction of sp³-hybridized carbons (Fsp3) is 0.423. The Bertz CT molecular complexity index is 1330. The minimum absolute atomic E-state index is 0.107. The molecule has 10 heteroatoms. The lowest BCUT2D eigenvalue weighted by molar-refractivity contribution is 0.127. The number of aromatic nitrogens is 3. The Morgan fingerprint density at radius 3 is 2.72 bits per heavy atom. The van der Waals surface area contributed by atoms with Crippen LogP contribution in [0.4, 0.5) is 5.69 Å². The predicted molar refractivity (Wildman–Crippen MR) is 140 cm³/mol. The van der Waals surface area contributed by atoms with Gasteiger partial charge in [-0.25, -0.2) is 9.51 Å². The molecular formula is C26H33N7O3. The summed E-state index contributed by atoms with van der Waals surface area (Å²) in [7, 11) is 2.15.